The zero-order chi connectivity index (χ0) is 17.1. The molecular weight excluding hydrogens is 326 g/mol. The minimum atomic E-state index is -0.239. The summed E-state index contributed by atoms with van der Waals surface area (Å²) in [6.07, 6.45) is 2.34. The summed E-state index contributed by atoms with van der Waals surface area (Å²) in [5, 5.41) is 23.4. The molecule has 0 aliphatic carbocycles. The third kappa shape index (κ3) is 3.62. The number of carbonyl (C=O) groups is 1. The molecule has 0 fully saturated rings. The number of carbonyl (C=O) groups excluding carboxylic acids is 1. The number of nitrogens with zero attached hydrogens (tertiary/aromatic N) is 6. The summed E-state index contributed by atoms with van der Waals surface area (Å²) in [5.41, 5.74) is 2.23. The van der Waals surface area contributed by atoms with E-state index in [2.05, 4.69) is 44.9 Å². The van der Waals surface area contributed by atoms with Gasteiger partial charge in [-0.15, -0.1) is 15.3 Å². The van der Waals surface area contributed by atoms with Gasteiger partial charge in [-0.25, -0.2) is 4.68 Å². The summed E-state index contributed by atoms with van der Waals surface area (Å²) >= 11 is 1.40. The van der Waals surface area contributed by atoms with Crippen LogP contribution in [-0.2, 0) is 6.42 Å². The van der Waals surface area contributed by atoms with E-state index in [1.165, 1.54) is 22.3 Å². The number of aromatic nitrogens is 6. The first-order valence-corrected chi connectivity index (χ1v) is 8.32. The van der Waals surface area contributed by atoms with Crippen molar-refractivity contribution in [2.45, 2.75) is 27.2 Å². The highest BCUT2D eigenvalue weighted by Crippen LogP contribution is 2.20. The second-order valence-electron chi connectivity index (χ2n) is 5.81. The SMILES string of the molecule is Cc1ccc(C(=O)Nc2nnc(CC(C)C)s2)cc1-n1cnnn1. The second kappa shape index (κ2) is 6.83. The lowest BCUT2D eigenvalue weighted by atomic mass is 10.1. The van der Waals surface area contributed by atoms with Crippen molar-refractivity contribution < 1.29 is 4.79 Å². The van der Waals surface area contributed by atoms with Gasteiger partial charge in [0.05, 0.1) is 5.69 Å². The molecule has 0 saturated carbocycles. The summed E-state index contributed by atoms with van der Waals surface area (Å²) in [5.74, 6) is 0.258. The smallest absolute Gasteiger partial charge is 0.257 e. The standard InChI is InChI=1S/C15H17N7OS/c1-9(2)6-13-18-19-15(24-13)17-14(23)11-5-4-10(3)12(7-11)22-8-16-20-21-22/h4-5,7-9H,6H2,1-3H3,(H,17,19,23). The van der Waals surface area contributed by atoms with Gasteiger partial charge in [0.1, 0.15) is 11.3 Å². The first-order chi connectivity index (χ1) is 11.5. The van der Waals surface area contributed by atoms with Gasteiger partial charge in [0.15, 0.2) is 0 Å². The fourth-order valence-corrected chi connectivity index (χ4v) is 3.12. The maximum Gasteiger partial charge on any atom is 0.257 e. The van der Waals surface area contributed by atoms with Crippen molar-refractivity contribution in [2.75, 3.05) is 5.32 Å². The molecule has 1 N–H and O–H groups in total. The number of hydrogen-bond acceptors (Lipinski definition) is 7. The molecule has 0 aliphatic heterocycles. The molecule has 3 rings (SSSR count). The lowest BCUT2D eigenvalue weighted by molar-refractivity contribution is 0.102. The first kappa shape index (κ1) is 16.2. The van der Waals surface area contributed by atoms with E-state index in [1.807, 2.05) is 13.0 Å². The number of anilines is 1. The number of benzene rings is 1. The molecule has 24 heavy (non-hydrogen) atoms. The van der Waals surface area contributed by atoms with Gasteiger partial charge in [-0.3, -0.25) is 10.1 Å². The lowest BCUT2D eigenvalue weighted by Gasteiger charge is -2.07. The van der Waals surface area contributed by atoms with Crippen LogP contribution in [0, 0.1) is 12.8 Å². The van der Waals surface area contributed by atoms with Crippen LogP contribution in [0.15, 0.2) is 24.5 Å². The Morgan fingerprint density at radius 1 is 1.33 bits per heavy atom. The van der Waals surface area contributed by atoms with Gasteiger partial charge in [0, 0.05) is 12.0 Å². The minimum absolute atomic E-state index is 0.239. The normalized spacial score (nSPS) is 11.0. The Morgan fingerprint density at radius 2 is 2.17 bits per heavy atom. The fourth-order valence-electron chi connectivity index (χ4n) is 2.17. The van der Waals surface area contributed by atoms with E-state index in [1.54, 1.807) is 12.1 Å². The monoisotopic (exact) mass is 343 g/mol. The number of aryl methyl sites for hydroxylation is 1. The molecular formula is C15H17N7OS. The summed E-state index contributed by atoms with van der Waals surface area (Å²) in [7, 11) is 0. The Balaban J connectivity index is 1.78. The number of hydrogen-bond donors (Lipinski definition) is 1. The summed E-state index contributed by atoms with van der Waals surface area (Å²) in [6.45, 7) is 6.17. The quantitative estimate of drug-likeness (QED) is 0.763. The Hall–Kier alpha value is -2.68. The third-order valence-electron chi connectivity index (χ3n) is 3.34. The van der Waals surface area contributed by atoms with Crippen molar-refractivity contribution in [3.05, 3.63) is 40.7 Å². The van der Waals surface area contributed by atoms with Crippen LogP contribution < -0.4 is 5.32 Å². The Labute approximate surface area is 142 Å². The maximum atomic E-state index is 12.4. The van der Waals surface area contributed by atoms with Crippen LogP contribution in [0.5, 0.6) is 0 Å². The van der Waals surface area contributed by atoms with Crippen molar-refractivity contribution in [1.29, 1.82) is 0 Å². The van der Waals surface area contributed by atoms with E-state index < -0.39 is 0 Å². The fraction of sp³-hybridized carbons (Fsp3) is 0.333. The Morgan fingerprint density at radius 3 is 2.88 bits per heavy atom. The average Bonchev–Trinajstić information content (AvgIpc) is 3.19. The lowest BCUT2D eigenvalue weighted by Crippen LogP contribution is -2.12. The summed E-state index contributed by atoms with van der Waals surface area (Å²) < 4.78 is 1.53. The van der Waals surface area contributed by atoms with Gasteiger partial charge < -0.3 is 0 Å². The zero-order valence-electron chi connectivity index (χ0n) is 13.6. The summed E-state index contributed by atoms with van der Waals surface area (Å²) in [6, 6.07) is 5.36. The molecule has 124 valence electrons. The highest BCUT2D eigenvalue weighted by Gasteiger charge is 2.13. The topological polar surface area (TPSA) is 98.5 Å². The molecule has 3 aromatic rings. The van der Waals surface area contributed by atoms with E-state index in [0.29, 0.717) is 16.6 Å². The molecule has 0 unspecified atom stereocenters. The van der Waals surface area contributed by atoms with E-state index in [9.17, 15) is 4.79 Å². The predicted octanol–water partition coefficient (Wildman–Crippen LogP) is 2.27. The Kier molecular flexibility index (Phi) is 4.61. The van der Waals surface area contributed by atoms with Crippen LogP contribution in [0.2, 0.25) is 0 Å². The van der Waals surface area contributed by atoms with E-state index in [0.717, 1.165) is 22.7 Å². The molecule has 8 nitrogen and oxygen atoms in total. The molecule has 1 amide bonds. The number of tetrazole rings is 1. The van der Waals surface area contributed by atoms with Crippen LogP contribution in [0.25, 0.3) is 5.69 Å². The Bertz CT molecular complexity index is 841. The van der Waals surface area contributed by atoms with Crippen LogP contribution in [0.4, 0.5) is 5.13 Å². The van der Waals surface area contributed by atoms with Gasteiger partial charge in [-0.05, 0) is 41.0 Å². The molecule has 0 bridgehead atoms. The van der Waals surface area contributed by atoms with Crippen LogP contribution in [0.3, 0.4) is 0 Å². The number of amides is 1. The van der Waals surface area contributed by atoms with Gasteiger partial charge >= 0.3 is 0 Å². The highest BCUT2D eigenvalue weighted by atomic mass is 32.1. The van der Waals surface area contributed by atoms with Gasteiger partial charge in [-0.1, -0.05) is 31.3 Å². The van der Waals surface area contributed by atoms with Gasteiger partial charge in [0.2, 0.25) is 5.13 Å². The summed E-state index contributed by atoms with van der Waals surface area (Å²) in [4.78, 5) is 12.4. The zero-order valence-corrected chi connectivity index (χ0v) is 14.4. The number of rotatable bonds is 5. The van der Waals surface area contributed by atoms with Crippen LogP contribution in [0.1, 0.15) is 34.8 Å². The first-order valence-electron chi connectivity index (χ1n) is 7.50. The average molecular weight is 343 g/mol. The van der Waals surface area contributed by atoms with Crippen molar-refractivity contribution in [3.63, 3.8) is 0 Å². The molecule has 0 atom stereocenters. The molecule has 0 saturated heterocycles. The van der Waals surface area contributed by atoms with E-state index >= 15 is 0 Å². The molecule has 0 aliphatic rings. The molecule has 9 heteroatoms. The third-order valence-corrected chi connectivity index (χ3v) is 4.20. The highest BCUT2D eigenvalue weighted by molar-refractivity contribution is 7.15. The molecule has 2 heterocycles. The minimum Gasteiger partial charge on any atom is -0.296 e. The molecule has 0 spiro atoms. The predicted molar refractivity (Wildman–Crippen MR) is 90.3 cm³/mol. The van der Waals surface area contributed by atoms with Crippen molar-refractivity contribution in [2.24, 2.45) is 5.92 Å². The van der Waals surface area contributed by atoms with Crippen molar-refractivity contribution in [3.8, 4) is 5.69 Å². The second-order valence-corrected chi connectivity index (χ2v) is 6.87. The van der Waals surface area contributed by atoms with Gasteiger partial charge in [0.25, 0.3) is 5.91 Å². The largest absolute Gasteiger partial charge is 0.296 e. The van der Waals surface area contributed by atoms with Crippen molar-refractivity contribution >= 4 is 22.4 Å². The molecule has 2 aromatic heterocycles. The van der Waals surface area contributed by atoms with Crippen LogP contribution >= 0.6 is 11.3 Å². The molecule has 1 aromatic carbocycles. The number of nitrogens with one attached hydrogen (secondary N) is 1. The maximum absolute atomic E-state index is 12.4. The van der Waals surface area contributed by atoms with Crippen molar-refractivity contribution in [1.82, 2.24) is 30.4 Å². The van der Waals surface area contributed by atoms with Crippen LogP contribution in [-0.4, -0.2) is 36.3 Å². The molecule has 0 radical (unpaired) electrons. The van der Waals surface area contributed by atoms with E-state index in [4.69, 9.17) is 0 Å². The van der Waals surface area contributed by atoms with Gasteiger partial charge in [-0.2, -0.15) is 0 Å². The van der Waals surface area contributed by atoms with E-state index in [-0.39, 0.29) is 5.91 Å².